The number of aliphatic hydroxyl groups is 1. The van der Waals surface area contributed by atoms with Gasteiger partial charge in [-0.05, 0) is 74.3 Å². The summed E-state index contributed by atoms with van der Waals surface area (Å²) < 4.78 is 12.1. The molecule has 0 saturated carbocycles. The summed E-state index contributed by atoms with van der Waals surface area (Å²) in [5.74, 6) is -3.78. The topological polar surface area (TPSA) is 306 Å². The fraction of sp³-hybridized carbons (Fsp3) is 0.405. The molecule has 3 aromatic carbocycles. The number of rotatable bonds is 17. The van der Waals surface area contributed by atoms with Crippen molar-refractivity contribution in [2.45, 2.75) is 56.9 Å². The first-order valence-electron chi connectivity index (χ1n) is 19.7. The van der Waals surface area contributed by atoms with Gasteiger partial charge in [0.1, 0.15) is 61.5 Å². The van der Waals surface area contributed by atoms with E-state index >= 15 is 0 Å². The Hall–Kier alpha value is -6.59. The lowest BCUT2D eigenvalue weighted by atomic mass is 9.93. The molecule has 19 nitrogen and oxygen atoms in total. The highest BCUT2D eigenvalue weighted by atomic mass is 16.5. The van der Waals surface area contributed by atoms with Gasteiger partial charge in [-0.3, -0.25) is 28.8 Å². The van der Waals surface area contributed by atoms with Gasteiger partial charge in [-0.25, -0.2) is 0 Å². The maximum atomic E-state index is 14.5. The Labute approximate surface area is 353 Å². The number of nitriles is 1. The van der Waals surface area contributed by atoms with E-state index in [0.29, 0.717) is 28.2 Å². The number of carbonyl (C=O) groups excluding carboxylic acids is 6. The van der Waals surface area contributed by atoms with Crippen molar-refractivity contribution in [2.75, 3.05) is 53.0 Å². The summed E-state index contributed by atoms with van der Waals surface area (Å²) in [6.45, 7) is 2.62. The Morgan fingerprint density at radius 2 is 1.52 bits per heavy atom. The number of nitrogens with zero attached hydrogens (tertiary/aromatic N) is 2. The molecule has 19 heteroatoms. The summed E-state index contributed by atoms with van der Waals surface area (Å²) in [5.41, 5.74) is 20.3. The predicted octanol–water partition coefficient (Wildman–Crippen LogP) is -1.35. The van der Waals surface area contributed by atoms with Crippen LogP contribution in [0.1, 0.15) is 46.4 Å². The second-order valence-electron chi connectivity index (χ2n) is 14.3. The minimum Gasteiger partial charge on any atom is -0.492 e. The average molecular weight is 843 g/mol. The van der Waals surface area contributed by atoms with Crippen LogP contribution in [0.15, 0.2) is 60.7 Å². The number of hydrogen-bond donors (Lipinski definition) is 9. The molecule has 326 valence electrons. The minimum atomic E-state index is -1.47. The number of nitrogens with two attached hydrogens (primary N) is 3. The van der Waals surface area contributed by atoms with Gasteiger partial charge in [0.2, 0.25) is 29.5 Å². The normalized spacial score (nSPS) is 17.2. The monoisotopic (exact) mass is 842 g/mol. The highest BCUT2D eigenvalue weighted by Crippen LogP contribution is 2.40. The van der Waals surface area contributed by atoms with Gasteiger partial charge in [0.05, 0.1) is 12.7 Å². The zero-order chi connectivity index (χ0) is 44.6. The maximum absolute atomic E-state index is 14.5. The van der Waals surface area contributed by atoms with Gasteiger partial charge in [-0.15, -0.1) is 0 Å². The Balaban J connectivity index is 1.81. The van der Waals surface area contributed by atoms with Crippen LogP contribution in [0.3, 0.4) is 0 Å². The Kier molecular flexibility index (Phi) is 17.5. The van der Waals surface area contributed by atoms with Gasteiger partial charge in [0.15, 0.2) is 0 Å². The van der Waals surface area contributed by atoms with Gasteiger partial charge in [0.25, 0.3) is 5.91 Å². The van der Waals surface area contributed by atoms with E-state index in [1.54, 1.807) is 60.7 Å². The van der Waals surface area contributed by atoms with Crippen LogP contribution in [-0.2, 0) is 30.4 Å². The van der Waals surface area contributed by atoms with Crippen molar-refractivity contribution in [3.63, 3.8) is 0 Å². The minimum absolute atomic E-state index is 0.0204. The van der Waals surface area contributed by atoms with E-state index < -0.39 is 72.3 Å². The number of amides is 6. The van der Waals surface area contributed by atoms with E-state index in [9.17, 15) is 33.9 Å². The number of nitrogens with one attached hydrogen (secondary N) is 5. The van der Waals surface area contributed by atoms with Gasteiger partial charge >= 0.3 is 0 Å². The number of benzene rings is 3. The molecular weight excluding hydrogens is 789 g/mol. The van der Waals surface area contributed by atoms with Gasteiger partial charge in [0, 0.05) is 43.2 Å². The number of aryl methyl sites for hydroxylation is 1. The van der Waals surface area contributed by atoms with E-state index in [1.165, 1.54) is 14.0 Å². The first kappa shape index (κ1) is 47.1. The Morgan fingerprint density at radius 3 is 2.13 bits per heavy atom. The van der Waals surface area contributed by atoms with Crippen molar-refractivity contribution in [1.82, 2.24) is 31.5 Å². The number of likely N-dealkylation sites (N-methyl/N-ethyl adjacent to an activating group) is 1. The zero-order valence-corrected chi connectivity index (χ0v) is 34.4. The lowest BCUT2D eigenvalue weighted by Crippen LogP contribution is -2.57. The third-order valence-corrected chi connectivity index (χ3v) is 9.74. The lowest BCUT2D eigenvalue weighted by molar-refractivity contribution is -0.143. The van der Waals surface area contributed by atoms with E-state index in [1.807, 2.05) is 13.0 Å². The summed E-state index contributed by atoms with van der Waals surface area (Å²) >= 11 is 0. The molecule has 1 aliphatic rings. The number of carbonyl (C=O) groups is 6. The largest absolute Gasteiger partial charge is 0.492 e. The van der Waals surface area contributed by atoms with Gasteiger partial charge in [-0.2, -0.15) is 5.26 Å². The van der Waals surface area contributed by atoms with Crippen LogP contribution in [-0.4, -0.2) is 123 Å². The van der Waals surface area contributed by atoms with E-state index in [2.05, 4.69) is 26.6 Å². The summed E-state index contributed by atoms with van der Waals surface area (Å²) in [6, 6.07) is 11.6. The molecule has 1 heterocycles. The quantitative estimate of drug-likeness (QED) is 0.0711. The van der Waals surface area contributed by atoms with Crippen LogP contribution in [0.2, 0.25) is 0 Å². The molecule has 0 aromatic heterocycles. The number of fused-ring (bicyclic) bond motifs is 5. The average Bonchev–Trinajstić information content (AvgIpc) is 3.25. The zero-order valence-electron chi connectivity index (χ0n) is 34.4. The third kappa shape index (κ3) is 12.5. The molecule has 0 spiro atoms. The molecule has 4 bridgehead atoms. The first-order valence-corrected chi connectivity index (χ1v) is 19.7. The van der Waals surface area contributed by atoms with Gasteiger partial charge < -0.3 is 63.3 Å². The predicted molar refractivity (Wildman–Crippen MR) is 223 cm³/mol. The highest BCUT2D eigenvalue weighted by molar-refractivity contribution is 5.99. The van der Waals surface area contributed by atoms with Crippen molar-refractivity contribution < 1.29 is 43.3 Å². The molecule has 5 atom stereocenters. The molecule has 6 amide bonds. The fourth-order valence-corrected chi connectivity index (χ4v) is 6.54. The highest BCUT2D eigenvalue weighted by Gasteiger charge is 2.37. The molecule has 0 radical (unpaired) electrons. The molecule has 12 N–H and O–H groups in total. The van der Waals surface area contributed by atoms with E-state index in [0.717, 1.165) is 10.5 Å². The number of aliphatic hydroxyl groups excluding tert-OH is 1. The van der Waals surface area contributed by atoms with Crippen LogP contribution in [0.4, 0.5) is 0 Å². The van der Waals surface area contributed by atoms with Crippen LogP contribution in [0.25, 0.3) is 11.1 Å². The molecule has 61 heavy (non-hydrogen) atoms. The lowest BCUT2D eigenvalue weighted by Gasteiger charge is -2.33. The van der Waals surface area contributed by atoms with E-state index in [-0.39, 0.29) is 63.4 Å². The molecule has 0 unspecified atom stereocenters. The van der Waals surface area contributed by atoms with Crippen LogP contribution in [0.5, 0.6) is 11.5 Å². The SMILES string of the molecule is Cc1ccc(C(=O)N[C@@H](CO)C(=O)N[C@@H](CCN)C(=O)N(C)[C@@H]2C(=O)N[C@@H](C)C(=O)N[C@H](C(=O)NCC#N)Cc3ccc(OCCN)c(c3)-c3cc2ccc3OCCN)cc1. The Bertz CT molecular complexity index is 2090. The summed E-state index contributed by atoms with van der Waals surface area (Å²) in [4.78, 5) is 83.3. The molecule has 3 aromatic rings. The molecule has 0 saturated heterocycles. The molecular formula is C42H54N10O9. The second-order valence-corrected chi connectivity index (χ2v) is 14.3. The summed E-state index contributed by atoms with van der Waals surface area (Å²) in [6.07, 6.45) is -0.124. The van der Waals surface area contributed by atoms with Crippen molar-refractivity contribution in [3.05, 3.63) is 82.9 Å². The molecule has 4 rings (SSSR count). The van der Waals surface area contributed by atoms with Crippen molar-refractivity contribution in [1.29, 1.82) is 5.26 Å². The third-order valence-electron chi connectivity index (χ3n) is 9.74. The second kappa shape index (κ2) is 22.7. The molecule has 1 aliphatic heterocycles. The Morgan fingerprint density at radius 1 is 0.885 bits per heavy atom. The number of hydrogen-bond acceptors (Lipinski definition) is 13. The first-order chi connectivity index (χ1) is 29.3. The summed E-state index contributed by atoms with van der Waals surface area (Å²) in [7, 11) is 1.34. The molecule has 0 aliphatic carbocycles. The van der Waals surface area contributed by atoms with E-state index in [4.69, 9.17) is 31.9 Å². The number of ether oxygens (including phenoxy) is 2. The maximum Gasteiger partial charge on any atom is 0.251 e. The van der Waals surface area contributed by atoms with Crippen molar-refractivity contribution in [2.24, 2.45) is 17.2 Å². The van der Waals surface area contributed by atoms with Crippen molar-refractivity contribution in [3.8, 4) is 28.7 Å². The van der Waals surface area contributed by atoms with Crippen molar-refractivity contribution >= 4 is 35.4 Å². The molecule has 0 fully saturated rings. The van der Waals surface area contributed by atoms with Gasteiger partial charge in [-0.1, -0.05) is 29.8 Å². The van der Waals surface area contributed by atoms with Crippen LogP contribution in [0, 0.1) is 18.3 Å². The van der Waals surface area contributed by atoms with Crippen LogP contribution < -0.4 is 53.3 Å². The smallest absolute Gasteiger partial charge is 0.251 e. The summed E-state index contributed by atoms with van der Waals surface area (Å²) in [5, 5.41) is 32.1. The fourth-order valence-electron chi connectivity index (χ4n) is 6.54. The standard InChI is InChI=1S/C42H54N10O9/c1-24-4-7-27(8-5-24)38(55)51-33(23-53)40(57)49-31(12-13-43)42(59)52(3)36-28-9-11-35(61-19-16-46)30(22-28)29-20-26(6-10-34(29)60-18-15-45)21-32(39(56)47-17-14-44)50-37(54)25(2)48-41(36)58/h4-11,20,22,25,31-33,36,53H,12-13,15-19,21,23,43,45-46H2,1-3H3,(H,47,56)(H,48,58)(H,49,57)(H,50,54)(H,51,55)/t25-,31-,32-,33-,36-/m0/s1. The van der Waals surface area contributed by atoms with Crippen LogP contribution >= 0.6 is 0 Å².